The van der Waals surface area contributed by atoms with Crippen molar-refractivity contribution in [3.63, 3.8) is 0 Å². The maximum Gasteiger partial charge on any atom is 0.251 e. The van der Waals surface area contributed by atoms with Gasteiger partial charge in [0, 0.05) is 18.5 Å². The molecule has 90 valence electrons. The number of nitrogens with one attached hydrogen (secondary N) is 1. The van der Waals surface area contributed by atoms with Gasteiger partial charge < -0.3 is 5.32 Å². The van der Waals surface area contributed by atoms with E-state index in [9.17, 15) is 4.79 Å². The topological polar surface area (TPSA) is 29.1 Å². The average molecular weight is 229 g/mol. The number of benzene rings is 1. The van der Waals surface area contributed by atoms with Crippen molar-refractivity contribution in [2.75, 3.05) is 6.54 Å². The Morgan fingerprint density at radius 1 is 1.35 bits per heavy atom. The predicted octanol–water partition coefficient (Wildman–Crippen LogP) is 2.84. The summed E-state index contributed by atoms with van der Waals surface area (Å²) >= 11 is 0. The molecule has 0 saturated heterocycles. The molecule has 0 aliphatic heterocycles. The third-order valence-corrected chi connectivity index (χ3v) is 2.88. The van der Waals surface area contributed by atoms with Crippen LogP contribution in [0.15, 0.2) is 18.2 Å². The van der Waals surface area contributed by atoms with Crippen LogP contribution in [0.3, 0.4) is 0 Å². The van der Waals surface area contributed by atoms with Crippen molar-refractivity contribution in [1.29, 1.82) is 0 Å². The lowest BCUT2D eigenvalue weighted by Gasteiger charge is -2.09. The molecule has 1 amide bonds. The zero-order chi connectivity index (χ0) is 12.7. The molecule has 0 aromatic heterocycles. The second kappa shape index (κ2) is 6.75. The molecule has 2 nitrogen and oxygen atoms in total. The largest absolute Gasteiger partial charge is 0.352 e. The first-order valence-corrected chi connectivity index (χ1v) is 5.94. The molecule has 0 atom stereocenters. The Kier molecular flexibility index (Phi) is 5.29. The molecule has 1 rings (SSSR count). The van der Waals surface area contributed by atoms with Crippen molar-refractivity contribution >= 4 is 5.91 Å². The summed E-state index contributed by atoms with van der Waals surface area (Å²) in [5.41, 5.74) is 2.96. The predicted molar refractivity (Wildman–Crippen MR) is 70.9 cm³/mol. The van der Waals surface area contributed by atoms with Crippen LogP contribution in [-0.2, 0) is 0 Å². The van der Waals surface area contributed by atoms with Crippen LogP contribution in [0.2, 0.25) is 0 Å². The van der Waals surface area contributed by atoms with Crippen LogP contribution in [0.5, 0.6) is 0 Å². The third-order valence-electron chi connectivity index (χ3n) is 2.88. The second-order valence-corrected chi connectivity index (χ2v) is 4.16. The SMILES string of the molecule is C#CCCCCNC(=O)c1cccc(C)c1C. The first kappa shape index (κ1) is 13.3. The van der Waals surface area contributed by atoms with Gasteiger partial charge in [-0.25, -0.2) is 0 Å². The van der Waals surface area contributed by atoms with Gasteiger partial charge in [0.1, 0.15) is 0 Å². The van der Waals surface area contributed by atoms with Crippen molar-refractivity contribution in [1.82, 2.24) is 5.32 Å². The van der Waals surface area contributed by atoms with E-state index in [-0.39, 0.29) is 5.91 Å². The van der Waals surface area contributed by atoms with E-state index in [1.165, 1.54) is 0 Å². The summed E-state index contributed by atoms with van der Waals surface area (Å²) in [5.74, 6) is 2.60. The summed E-state index contributed by atoms with van der Waals surface area (Å²) in [5, 5.41) is 2.92. The lowest BCUT2D eigenvalue weighted by Crippen LogP contribution is -2.25. The summed E-state index contributed by atoms with van der Waals surface area (Å²) in [4.78, 5) is 11.9. The van der Waals surface area contributed by atoms with Gasteiger partial charge in [0.15, 0.2) is 0 Å². The van der Waals surface area contributed by atoms with Gasteiger partial charge in [0.25, 0.3) is 5.91 Å². The molecule has 0 heterocycles. The molecule has 0 spiro atoms. The number of hydrogen-bond donors (Lipinski definition) is 1. The minimum atomic E-state index is 0.00640. The number of rotatable bonds is 5. The fourth-order valence-electron chi connectivity index (χ4n) is 1.65. The van der Waals surface area contributed by atoms with E-state index in [4.69, 9.17) is 6.42 Å². The Morgan fingerprint density at radius 2 is 2.12 bits per heavy atom. The van der Waals surface area contributed by atoms with Gasteiger partial charge in [0.05, 0.1) is 0 Å². The highest BCUT2D eigenvalue weighted by Crippen LogP contribution is 2.12. The van der Waals surface area contributed by atoms with Crippen LogP contribution < -0.4 is 5.32 Å². The van der Waals surface area contributed by atoms with Crippen LogP contribution >= 0.6 is 0 Å². The third kappa shape index (κ3) is 3.96. The molecule has 1 N–H and O–H groups in total. The van der Waals surface area contributed by atoms with Gasteiger partial charge >= 0.3 is 0 Å². The minimum Gasteiger partial charge on any atom is -0.352 e. The Labute approximate surface area is 103 Å². The van der Waals surface area contributed by atoms with Crippen molar-refractivity contribution in [3.05, 3.63) is 34.9 Å². The highest BCUT2D eigenvalue weighted by molar-refractivity contribution is 5.95. The Morgan fingerprint density at radius 3 is 2.82 bits per heavy atom. The fourth-order valence-corrected chi connectivity index (χ4v) is 1.65. The number of carbonyl (C=O) groups is 1. The van der Waals surface area contributed by atoms with Crippen LogP contribution in [0, 0.1) is 26.2 Å². The second-order valence-electron chi connectivity index (χ2n) is 4.16. The Bertz CT molecular complexity index is 429. The molecule has 0 bridgehead atoms. The minimum absolute atomic E-state index is 0.00640. The normalized spacial score (nSPS) is 9.71. The van der Waals surface area contributed by atoms with Crippen molar-refractivity contribution in [3.8, 4) is 12.3 Å². The van der Waals surface area contributed by atoms with Crippen molar-refractivity contribution in [2.24, 2.45) is 0 Å². The average Bonchev–Trinajstić information content (AvgIpc) is 2.32. The highest BCUT2D eigenvalue weighted by atomic mass is 16.1. The van der Waals surface area contributed by atoms with E-state index < -0.39 is 0 Å². The van der Waals surface area contributed by atoms with E-state index in [0.717, 1.165) is 36.0 Å². The zero-order valence-corrected chi connectivity index (χ0v) is 10.5. The van der Waals surface area contributed by atoms with Crippen LogP contribution in [0.1, 0.15) is 40.7 Å². The molecule has 1 aromatic carbocycles. The van der Waals surface area contributed by atoms with E-state index >= 15 is 0 Å². The van der Waals surface area contributed by atoms with Gasteiger partial charge in [-0.15, -0.1) is 12.3 Å². The van der Waals surface area contributed by atoms with E-state index in [1.807, 2.05) is 32.0 Å². The Hall–Kier alpha value is -1.75. The number of amides is 1. The number of hydrogen-bond acceptors (Lipinski definition) is 1. The summed E-state index contributed by atoms with van der Waals surface area (Å²) < 4.78 is 0. The van der Waals surface area contributed by atoms with Gasteiger partial charge in [0.2, 0.25) is 0 Å². The molecule has 0 aliphatic rings. The summed E-state index contributed by atoms with van der Waals surface area (Å²) in [6, 6.07) is 5.79. The monoisotopic (exact) mass is 229 g/mol. The van der Waals surface area contributed by atoms with Crippen LogP contribution in [0.4, 0.5) is 0 Å². The number of unbranched alkanes of at least 4 members (excludes halogenated alkanes) is 2. The molecule has 0 saturated carbocycles. The van der Waals surface area contributed by atoms with Crippen molar-refractivity contribution in [2.45, 2.75) is 33.1 Å². The molecular formula is C15H19NO. The first-order chi connectivity index (χ1) is 8.16. The van der Waals surface area contributed by atoms with E-state index in [0.29, 0.717) is 6.54 Å². The standard InChI is InChI=1S/C15H19NO/c1-4-5-6-7-11-16-15(17)14-10-8-9-12(2)13(14)3/h1,8-10H,5-7,11H2,2-3H3,(H,16,17). The van der Waals surface area contributed by atoms with E-state index in [2.05, 4.69) is 11.2 Å². The number of carbonyl (C=O) groups excluding carboxylic acids is 1. The van der Waals surface area contributed by atoms with E-state index in [1.54, 1.807) is 0 Å². The molecule has 17 heavy (non-hydrogen) atoms. The quantitative estimate of drug-likeness (QED) is 0.610. The molecule has 0 unspecified atom stereocenters. The maximum absolute atomic E-state index is 11.9. The highest BCUT2D eigenvalue weighted by Gasteiger charge is 2.08. The summed E-state index contributed by atoms with van der Waals surface area (Å²) in [7, 11) is 0. The number of terminal acetylenes is 1. The molecule has 2 heteroatoms. The Balaban J connectivity index is 2.48. The van der Waals surface area contributed by atoms with Gasteiger partial charge in [-0.05, 0) is 43.9 Å². The van der Waals surface area contributed by atoms with Gasteiger partial charge in [-0.3, -0.25) is 4.79 Å². The molecule has 0 aliphatic carbocycles. The molecule has 1 aromatic rings. The fraction of sp³-hybridized carbons (Fsp3) is 0.400. The molecule has 0 fully saturated rings. The number of aryl methyl sites for hydroxylation is 1. The van der Waals surface area contributed by atoms with Gasteiger partial charge in [-0.1, -0.05) is 12.1 Å². The molecule has 0 radical (unpaired) electrons. The van der Waals surface area contributed by atoms with Crippen LogP contribution in [0.25, 0.3) is 0 Å². The zero-order valence-electron chi connectivity index (χ0n) is 10.5. The lowest BCUT2D eigenvalue weighted by molar-refractivity contribution is 0.0952. The smallest absolute Gasteiger partial charge is 0.251 e. The molecular weight excluding hydrogens is 210 g/mol. The first-order valence-electron chi connectivity index (χ1n) is 5.94. The summed E-state index contributed by atoms with van der Waals surface area (Å²) in [6.07, 6.45) is 7.83. The lowest BCUT2D eigenvalue weighted by atomic mass is 10.0. The van der Waals surface area contributed by atoms with Crippen molar-refractivity contribution < 1.29 is 4.79 Å². The van der Waals surface area contributed by atoms with Gasteiger partial charge in [-0.2, -0.15) is 0 Å². The van der Waals surface area contributed by atoms with Crippen LogP contribution in [-0.4, -0.2) is 12.5 Å². The maximum atomic E-state index is 11.9. The summed E-state index contributed by atoms with van der Waals surface area (Å²) in [6.45, 7) is 4.68.